The molecule has 0 aliphatic rings. The molecule has 5 nitrogen and oxygen atoms in total. The van der Waals surface area contributed by atoms with Gasteiger partial charge in [-0.25, -0.2) is 4.98 Å². The molecule has 1 N–H and O–H groups in total. The summed E-state index contributed by atoms with van der Waals surface area (Å²) < 4.78 is 1.65. The standard InChI is InChI=1S/C18H20N4OS/c1-13-9-20-22(10-13)11-18(23)19-8-7-15-3-5-16(6-4-15)17-12-24-14(2)21-17/h3-6,9-10,12H,7-8,11H2,1-2H3,(H,19,23). The number of aryl methyl sites for hydroxylation is 2. The molecule has 0 bridgehead atoms. The lowest BCUT2D eigenvalue weighted by atomic mass is 10.1. The maximum atomic E-state index is 11.9. The predicted molar refractivity (Wildman–Crippen MR) is 96.0 cm³/mol. The number of thiazole rings is 1. The summed E-state index contributed by atoms with van der Waals surface area (Å²) in [6, 6.07) is 8.34. The molecule has 3 rings (SSSR count). The summed E-state index contributed by atoms with van der Waals surface area (Å²) in [6.07, 6.45) is 4.41. The molecule has 6 heteroatoms. The van der Waals surface area contributed by atoms with E-state index in [0.29, 0.717) is 6.54 Å². The first-order valence-electron chi connectivity index (χ1n) is 7.87. The maximum absolute atomic E-state index is 11.9. The van der Waals surface area contributed by atoms with Gasteiger partial charge in [0.2, 0.25) is 5.91 Å². The van der Waals surface area contributed by atoms with Crippen LogP contribution in [0.15, 0.2) is 42.0 Å². The Morgan fingerprint density at radius 3 is 2.67 bits per heavy atom. The first-order chi connectivity index (χ1) is 11.6. The topological polar surface area (TPSA) is 59.8 Å². The van der Waals surface area contributed by atoms with E-state index in [9.17, 15) is 4.79 Å². The van der Waals surface area contributed by atoms with Crippen LogP contribution in [0, 0.1) is 13.8 Å². The second-order valence-electron chi connectivity index (χ2n) is 5.76. The zero-order valence-electron chi connectivity index (χ0n) is 13.8. The molecule has 0 unspecified atom stereocenters. The molecular weight excluding hydrogens is 320 g/mol. The van der Waals surface area contributed by atoms with E-state index in [1.165, 1.54) is 5.56 Å². The molecule has 0 fully saturated rings. The summed E-state index contributed by atoms with van der Waals surface area (Å²) in [4.78, 5) is 16.4. The highest BCUT2D eigenvalue weighted by Crippen LogP contribution is 2.21. The minimum absolute atomic E-state index is 0.0207. The highest BCUT2D eigenvalue weighted by molar-refractivity contribution is 7.09. The van der Waals surface area contributed by atoms with E-state index < -0.39 is 0 Å². The summed E-state index contributed by atoms with van der Waals surface area (Å²) in [7, 11) is 0. The maximum Gasteiger partial charge on any atom is 0.241 e. The summed E-state index contributed by atoms with van der Waals surface area (Å²) in [5.74, 6) is -0.0207. The van der Waals surface area contributed by atoms with Gasteiger partial charge in [0.25, 0.3) is 0 Å². The van der Waals surface area contributed by atoms with Gasteiger partial charge in [-0.3, -0.25) is 9.48 Å². The van der Waals surface area contributed by atoms with E-state index in [1.54, 1.807) is 22.2 Å². The number of benzene rings is 1. The molecule has 0 radical (unpaired) electrons. The third kappa shape index (κ3) is 4.29. The van der Waals surface area contributed by atoms with E-state index >= 15 is 0 Å². The van der Waals surface area contributed by atoms with E-state index in [2.05, 4.69) is 45.0 Å². The molecule has 2 aromatic heterocycles. The fraction of sp³-hybridized carbons (Fsp3) is 0.278. The van der Waals surface area contributed by atoms with Crippen molar-refractivity contribution in [3.63, 3.8) is 0 Å². The quantitative estimate of drug-likeness (QED) is 0.750. The van der Waals surface area contributed by atoms with Gasteiger partial charge >= 0.3 is 0 Å². The second kappa shape index (κ2) is 7.40. The van der Waals surface area contributed by atoms with E-state index in [0.717, 1.165) is 28.2 Å². The van der Waals surface area contributed by atoms with Crippen LogP contribution in [-0.4, -0.2) is 27.2 Å². The molecule has 0 aliphatic heterocycles. The van der Waals surface area contributed by atoms with E-state index in [1.807, 2.05) is 20.0 Å². The first kappa shape index (κ1) is 16.4. The Morgan fingerprint density at radius 2 is 2.04 bits per heavy atom. The molecule has 24 heavy (non-hydrogen) atoms. The smallest absolute Gasteiger partial charge is 0.241 e. The van der Waals surface area contributed by atoms with Crippen molar-refractivity contribution in [1.82, 2.24) is 20.1 Å². The summed E-state index contributed by atoms with van der Waals surface area (Å²) in [5.41, 5.74) is 4.40. The third-order valence-corrected chi connectivity index (χ3v) is 4.45. The van der Waals surface area contributed by atoms with Crippen LogP contribution < -0.4 is 5.32 Å². The number of amides is 1. The van der Waals surface area contributed by atoms with Gasteiger partial charge in [-0.2, -0.15) is 5.10 Å². The second-order valence-corrected chi connectivity index (χ2v) is 6.83. The summed E-state index contributed by atoms with van der Waals surface area (Å²) in [5, 5.41) is 10.2. The molecule has 1 amide bonds. The van der Waals surface area contributed by atoms with Gasteiger partial charge in [-0.1, -0.05) is 24.3 Å². The van der Waals surface area contributed by atoms with Crippen molar-refractivity contribution in [2.45, 2.75) is 26.8 Å². The lowest BCUT2D eigenvalue weighted by molar-refractivity contribution is -0.121. The Labute approximate surface area is 145 Å². The van der Waals surface area contributed by atoms with Gasteiger partial charge in [0.1, 0.15) is 6.54 Å². The molecule has 0 saturated carbocycles. The molecular formula is C18H20N4OS. The Balaban J connectivity index is 1.47. The lowest BCUT2D eigenvalue weighted by Gasteiger charge is -2.06. The van der Waals surface area contributed by atoms with Crippen molar-refractivity contribution in [2.24, 2.45) is 0 Å². The van der Waals surface area contributed by atoms with Crippen LogP contribution in [0.1, 0.15) is 16.1 Å². The number of aromatic nitrogens is 3. The normalized spacial score (nSPS) is 10.8. The van der Waals surface area contributed by atoms with Crippen molar-refractivity contribution in [1.29, 1.82) is 0 Å². The van der Waals surface area contributed by atoms with E-state index in [4.69, 9.17) is 0 Å². The van der Waals surface area contributed by atoms with Gasteiger partial charge < -0.3 is 5.32 Å². The number of nitrogens with zero attached hydrogens (tertiary/aromatic N) is 3. The molecule has 2 heterocycles. The zero-order valence-corrected chi connectivity index (χ0v) is 14.6. The number of rotatable bonds is 6. The van der Waals surface area contributed by atoms with Crippen LogP contribution in [0.4, 0.5) is 0 Å². The fourth-order valence-corrected chi connectivity index (χ4v) is 3.06. The van der Waals surface area contributed by atoms with Crippen molar-refractivity contribution >= 4 is 17.2 Å². The average Bonchev–Trinajstić information content (AvgIpc) is 3.16. The Bertz CT molecular complexity index is 820. The molecule has 0 atom stereocenters. The van der Waals surface area contributed by atoms with Gasteiger partial charge in [-0.15, -0.1) is 11.3 Å². The number of nitrogens with one attached hydrogen (secondary N) is 1. The number of carbonyl (C=O) groups excluding carboxylic acids is 1. The van der Waals surface area contributed by atoms with Crippen molar-refractivity contribution < 1.29 is 4.79 Å². The van der Waals surface area contributed by atoms with Crippen molar-refractivity contribution in [3.8, 4) is 11.3 Å². The predicted octanol–water partition coefficient (Wildman–Crippen LogP) is 2.98. The van der Waals surface area contributed by atoms with Gasteiger partial charge in [-0.05, 0) is 31.4 Å². The Morgan fingerprint density at radius 1 is 1.25 bits per heavy atom. The molecule has 0 spiro atoms. The monoisotopic (exact) mass is 340 g/mol. The molecule has 3 aromatic rings. The molecule has 124 valence electrons. The summed E-state index contributed by atoms with van der Waals surface area (Å²) >= 11 is 1.66. The van der Waals surface area contributed by atoms with Crippen LogP contribution in [0.2, 0.25) is 0 Å². The molecule has 1 aromatic carbocycles. The largest absolute Gasteiger partial charge is 0.354 e. The first-order valence-corrected chi connectivity index (χ1v) is 8.75. The fourth-order valence-electron chi connectivity index (χ4n) is 2.44. The van der Waals surface area contributed by atoms with Crippen molar-refractivity contribution in [3.05, 3.63) is 58.2 Å². The number of hydrogen-bond donors (Lipinski definition) is 1. The van der Waals surface area contributed by atoms with Gasteiger partial charge in [0.05, 0.1) is 16.9 Å². The van der Waals surface area contributed by atoms with E-state index in [-0.39, 0.29) is 12.5 Å². The molecule has 0 saturated heterocycles. The van der Waals surface area contributed by atoms with Crippen LogP contribution in [-0.2, 0) is 17.8 Å². The van der Waals surface area contributed by atoms with Crippen LogP contribution in [0.3, 0.4) is 0 Å². The van der Waals surface area contributed by atoms with Gasteiger partial charge in [0.15, 0.2) is 0 Å². The summed E-state index contributed by atoms with van der Waals surface area (Å²) in [6.45, 7) is 4.85. The van der Waals surface area contributed by atoms with Crippen LogP contribution >= 0.6 is 11.3 Å². The number of carbonyl (C=O) groups is 1. The Hall–Kier alpha value is -2.47. The number of hydrogen-bond acceptors (Lipinski definition) is 4. The average molecular weight is 340 g/mol. The minimum atomic E-state index is -0.0207. The lowest BCUT2D eigenvalue weighted by Crippen LogP contribution is -2.29. The Kier molecular flexibility index (Phi) is 5.05. The highest BCUT2D eigenvalue weighted by Gasteiger charge is 2.05. The zero-order chi connectivity index (χ0) is 16.9. The van der Waals surface area contributed by atoms with Crippen LogP contribution in [0.5, 0.6) is 0 Å². The van der Waals surface area contributed by atoms with Gasteiger partial charge in [0, 0.05) is 23.7 Å². The minimum Gasteiger partial charge on any atom is -0.354 e. The van der Waals surface area contributed by atoms with Crippen molar-refractivity contribution in [2.75, 3.05) is 6.54 Å². The molecule has 0 aliphatic carbocycles. The SMILES string of the molecule is Cc1cnn(CC(=O)NCCc2ccc(-c3csc(C)n3)cc2)c1. The van der Waals surface area contributed by atoms with Crippen LogP contribution in [0.25, 0.3) is 11.3 Å². The highest BCUT2D eigenvalue weighted by atomic mass is 32.1. The third-order valence-electron chi connectivity index (χ3n) is 3.67.